The summed E-state index contributed by atoms with van der Waals surface area (Å²) in [6.45, 7) is 0. The van der Waals surface area contributed by atoms with Crippen LogP contribution >= 0.6 is 0 Å². The Kier molecular flexibility index (Phi) is 4.91. The van der Waals surface area contributed by atoms with Crippen molar-refractivity contribution in [1.82, 2.24) is 10.2 Å². The molecule has 0 saturated carbocycles. The molecule has 0 N–H and O–H groups in total. The molecule has 20 heavy (non-hydrogen) atoms. The second-order valence-corrected chi connectivity index (χ2v) is 3.26. The van der Waals surface area contributed by atoms with E-state index in [1.807, 2.05) is 5.10 Å². The Balaban J connectivity index is 0.00000361. The summed E-state index contributed by atoms with van der Waals surface area (Å²) in [5.74, 6) is -12.5. The molecule has 13 heteroatoms. The molecule has 2 nitrogen and oxygen atoms in total. The third-order valence-corrected chi connectivity index (χ3v) is 1.90. The normalized spacial score (nSPS) is 14.1. The molecule has 0 spiro atoms. The molecule has 0 aliphatic rings. The van der Waals surface area contributed by atoms with Gasteiger partial charge in [-0.05, 0) is 6.07 Å². The van der Waals surface area contributed by atoms with E-state index in [0.29, 0.717) is 0 Å². The molecule has 1 rings (SSSR count). The minimum absolute atomic E-state index is 0. The van der Waals surface area contributed by atoms with Gasteiger partial charge in [-0.25, -0.2) is 0 Å². The predicted octanol–water partition coefficient (Wildman–Crippen LogP) is 0.351. The molecule has 110 valence electrons. The van der Waals surface area contributed by atoms with Crippen LogP contribution in [0, 0.1) is 0 Å². The Morgan fingerprint density at radius 3 is 1.60 bits per heavy atom. The maximum atomic E-state index is 12.9. The van der Waals surface area contributed by atoms with E-state index in [4.69, 9.17) is 0 Å². The molecule has 0 atom stereocenters. The number of hydrogen-bond acceptors (Lipinski definition) is 1. The molecule has 0 aliphatic heterocycles. The van der Waals surface area contributed by atoms with Gasteiger partial charge in [0, 0.05) is 0 Å². The Morgan fingerprint density at radius 2 is 1.30 bits per heavy atom. The number of halogens is 10. The molecule has 0 radical (unpaired) electrons. The predicted molar refractivity (Wildman–Crippen MR) is 37.5 cm³/mol. The van der Waals surface area contributed by atoms with E-state index in [0.717, 1.165) is 0 Å². The van der Waals surface area contributed by atoms with E-state index in [1.54, 1.807) is 0 Å². The Hall–Kier alpha value is -0.893. The van der Waals surface area contributed by atoms with Crippen LogP contribution < -0.4 is 24.0 Å². The summed E-state index contributed by atoms with van der Waals surface area (Å²) >= 11 is 0. The third kappa shape index (κ3) is 3.06. The zero-order valence-corrected chi connectivity index (χ0v) is 9.25. The zero-order chi connectivity index (χ0) is 15.3. The molecule has 0 unspecified atom stereocenters. The molecular weight excluding hydrogens is 309 g/mol. The molecular formula is C7HF10LiN2. The van der Waals surface area contributed by atoms with Crippen molar-refractivity contribution >= 4 is 0 Å². The van der Waals surface area contributed by atoms with Crippen molar-refractivity contribution in [1.29, 1.82) is 0 Å². The largest absolute Gasteiger partial charge is 1.00 e. The standard InChI is InChI=1S/C7HF10N2.Li/c8-4(9,6(13,14)7(15,16)17)2-1-3(19-18-2)5(10,11)12;/h1H;/q-1;+1. The summed E-state index contributed by atoms with van der Waals surface area (Å²) in [6.07, 6.45) is -12.0. The number of nitrogens with zero attached hydrogens (tertiary/aromatic N) is 2. The van der Waals surface area contributed by atoms with E-state index in [-0.39, 0.29) is 18.9 Å². The van der Waals surface area contributed by atoms with Crippen molar-refractivity contribution in [2.75, 3.05) is 0 Å². The minimum atomic E-state index is -6.66. The van der Waals surface area contributed by atoms with Crippen molar-refractivity contribution < 1.29 is 62.8 Å². The first-order chi connectivity index (χ1) is 8.21. The molecule has 1 aromatic heterocycles. The van der Waals surface area contributed by atoms with Crippen LogP contribution in [0.15, 0.2) is 6.07 Å². The molecule has 0 fully saturated rings. The minimum Gasteiger partial charge on any atom is -0.573 e. The Bertz CT molecular complexity index is 459. The summed E-state index contributed by atoms with van der Waals surface area (Å²) in [5.41, 5.74) is -4.51. The van der Waals surface area contributed by atoms with E-state index >= 15 is 0 Å². The number of rotatable bonds is 2. The molecule has 1 aromatic rings. The van der Waals surface area contributed by atoms with Crippen molar-refractivity contribution in [2.45, 2.75) is 24.2 Å². The van der Waals surface area contributed by atoms with Gasteiger partial charge in [-0.1, -0.05) is 5.69 Å². The van der Waals surface area contributed by atoms with Crippen LogP contribution in [0.1, 0.15) is 11.4 Å². The summed E-state index contributed by atoms with van der Waals surface area (Å²) in [4.78, 5) is 0. The summed E-state index contributed by atoms with van der Waals surface area (Å²) in [7, 11) is 0. The van der Waals surface area contributed by atoms with Crippen LogP contribution in [0.25, 0.3) is 0 Å². The molecule has 0 bridgehead atoms. The van der Waals surface area contributed by atoms with Crippen LogP contribution in [-0.4, -0.2) is 17.2 Å². The van der Waals surface area contributed by atoms with Gasteiger partial charge < -0.3 is 10.2 Å². The molecule has 0 saturated heterocycles. The van der Waals surface area contributed by atoms with Crippen molar-refractivity contribution in [2.24, 2.45) is 0 Å². The van der Waals surface area contributed by atoms with Gasteiger partial charge >= 0.3 is 43.1 Å². The van der Waals surface area contributed by atoms with E-state index in [1.165, 1.54) is 0 Å². The molecule has 1 heterocycles. The average Bonchev–Trinajstić information content (AvgIpc) is 2.63. The fraction of sp³-hybridized carbons (Fsp3) is 0.571. The van der Waals surface area contributed by atoms with Gasteiger partial charge in [0.25, 0.3) is 0 Å². The summed E-state index contributed by atoms with van der Waals surface area (Å²) in [6, 6.07) is -0.667. The van der Waals surface area contributed by atoms with Gasteiger partial charge in [-0.15, -0.1) is 0 Å². The van der Waals surface area contributed by atoms with Gasteiger partial charge in [0.15, 0.2) is 0 Å². The van der Waals surface area contributed by atoms with Gasteiger partial charge in [0.05, 0.1) is 0 Å². The molecule has 0 aromatic carbocycles. The second-order valence-electron chi connectivity index (χ2n) is 3.26. The maximum Gasteiger partial charge on any atom is 1.00 e. The van der Waals surface area contributed by atoms with E-state index in [9.17, 15) is 43.9 Å². The van der Waals surface area contributed by atoms with Crippen LogP contribution in [0.3, 0.4) is 0 Å². The summed E-state index contributed by atoms with van der Waals surface area (Å²) in [5, 5.41) is 4.13. The van der Waals surface area contributed by atoms with Gasteiger partial charge in [0.2, 0.25) is 0 Å². The Morgan fingerprint density at radius 1 is 0.850 bits per heavy atom. The summed E-state index contributed by atoms with van der Waals surface area (Å²) < 4.78 is 122. The van der Waals surface area contributed by atoms with E-state index < -0.39 is 41.7 Å². The number of alkyl halides is 10. The second kappa shape index (κ2) is 5.14. The third-order valence-electron chi connectivity index (χ3n) is 1.90. The molecule has 0 amide bonds. The maximum absolute atomic E-state index is 12.9. The average molecular weight is 310 g/mol. The van der Waals surface area contributed by atoms with Crippen LogP contribution in [0.5, 0.6) is 0 Å². The first kappa shape index (κ1) is 19.1. The fourth-order valence-corrected chi connectivity index (χ4v) is 0.926. The van der Waals surface area contributed by atoms with Crippen LogP contribution in [-0.2, 0) is 12.1 Å². The molecule has 0 aliphatic carbocycles. The van der Waals surface area contributed by atoms with Crippen LogP contribution in [0.2, 0.25) is 0 Å². The fourth-order valence-electron chi connectivity index (χ4n) is 0.926. The topological polar surface area (TPSA) is 27.0 Å². The first-order valence-electron chi connectivity index (χ1n) is 4.11. The first-order valence-corrected chi connectivity index (χ1v) is 4.11. The van der Waals surface area contributed by atoms with Gasteiger partial charge in [-0.3, -0.25) is 0 Å². The van der Waals surface area contributed by atoms with E-state index in [2.05, 4.69) is 5.10 Å². The monoisotopic (exact) mass is 310 g/mol. The Labute approximate surface area is 115 Å². The smallest absolute Gasteiger partial charge is 0.573 e. The van der Waals surface area contributed by atoms with Crippen molar-refractivity contribution in [3.63, 3.8) is 0 Å². The SMILES string of the molecule is FC(F)(F)c1cc(C(F)(F)C(F)(F)C(F)(F)F)[n-]n1.[Li+]. The number of aromatic nitrogens is 2. The van der Waals surface area contributed by atoms with Gasteiger partial charge in [0.1, 0.15) is 5.69 Å². The number of hydrogen-bond donors (Lipinski definition) is 0. The quantitative estimate of drug-likeness (QED) is 0.582. The zero-order valence-electron chi connectivity index (χ0n) is 9.25. The van der Waals surface area contributed by atoms with Crippen molar-refractivity contribution in [3.8, 4) is 0 Å². The van der Waals surface area contributed by atoms with Crippen LogP contribution in [0.4, 0.5) is 43.9 Å². The van der Waals surface area contributed by atoms with Gasteiger partial charge in [-0.2, -0.15) is 43.9 Å². The van der Waals surface area contributed by atoms with Crippen molar-refractivity contribution in [3.05, 3.63) is 17.5 Å².